The summed E-state index contributed by atoms with van der Waals surface area (Å²) >= 11 is 1.18. The van der Waals surface area contributed by atoms with Crippen LogP contribution in [0.4, 0.5) is 10.3 Å². The highest BCUT2D eigenvalue weighted by molar-refractivity contribution is 8.02. The van der Waals surface area contributed by atoms with Crippen molar-refractivity contribution in [1.82, 2.24) is 14.8 Å². The smallest absolute Gasteiger partial charge is 0.401 e. The molecular formula is C14H9FN4O3S. The molecule has 0 spiro atoms. The molecule has 0 aliphatic heterocycles. The monoisotopic (exact) mass is 332 g/mol. The van der Waals surface area contributed by atoms with Crippen molar-refractivity contribution in [3.05, 3.63) is 69.8 Å². The zero-order valence-electron chi connectivity index (χ0n) is 11.5. The summed E-state index contributed by atoms with van der Waals surface area (Å²) in [5.41, 5.74) is 0.335. The van der Waals surface area contributed by atoms with Gasteiger partial charge in [0.15, 0.2) is 5.16 Å². The van der Waals surface area contributed by atoms with Gasteiger partial charge in [0.25, 0.3) is 0 Å². The summed E-state index contributed by atoms with van der Waals surface area (Å²) in [6.07, 6.45) is 2.96. The van der Waals surface area contributed by atoms with Crippen LogP contribution in [-0.2, 0) is 0 Å². The van der Waals surface area contributed by atoms with Gasteiger partial charge in [-0.1, -0.05) is 23.9 Å². The van der Waals surface area contributed by atoms with Gasteiger partial charge < -0.3 is 4.42 Å². The van der Waals surface area contributed by atoms with Gasteiger partial charge in [-0.15, -0.1) is 10.2 Å². The number of hydrogen-bond acceptors (Lipinski definition) is 6. The van der Waals surface area contributed by atoms with Crippen LogP contribution in [0.1, 0.15) is 5.76 Å². The van der Waals surface area contributed by atoms with Crippen molar-refractivity contribution >= 4 is 23.7 Å². The number of nitro groups is 1. The maximum atomic E-state index is 13.8. The van der Waals surface area contributed by atoms with E-state index in [1.54, 1.807) is 29.7 Å². The van der Waals surface area contributed by atoms with Gasteiger partial charge in [0.1, 0.15) is 22.8 Å². The molecule has 0 aliphatic carbocycles. The van der Waals surface area contributed by atoms with E-state index in [0.717, 1.165) is 0 Å². The minimum atomic E-state index is -0.612. The molecule has 0 radical (unpaired) electrons. The van der Waals surface area contributed by atoms with E-state index in [0.29, 0.717) is 16.6 Å². The largest absolute Gasteiger partial charge is 0.433 e. The Hall–Kier alpha value is -2.94. The molecular weight excluding hydrogens is 323 g/mol. The normalized spacial score (nSPS) is 11.2. The molecule has 0 bridgehead atoms. The Labute approximate surface area is 133 Å². The fourth-order valence-electron chi connectivity index (χ4n) is 1.81. The standard InChI is InChI=1S/C14H9FN4O3S/c15-11-3-1-2-4-12(11)18-9-16-17-14(18)23-8-7-10-5-6-13(22-10)19(20)21/h1-9H/b8-7+. The third-order valence-electron chi connectivity index (χ3n) is 2.83. The van der Waals surface area contributed by atoms with Crippen LogP contribution in [0, 0.1) is 15.9 Å². The van der Waals surface area contributed by atoms with Crippen LogP contribution in [0.25, 0.3) is 11.8 Å². The van der Waals surface area contributed by atoms with Crippen molar-refractivity contribution in [3.8, 4) is 5.69 Å². The lowest BCUT2D eigenvalue weighted by Crippen LogP contribution is -1.97. The molecule has 1 aromatic carbocycles. The lowest BCUT2D eigenvalue weighted by Gasteiger charge is -2.05. The van der Waals surface area contributed by atoms with Gasteiger partial charge in [0.2, 0.25) is 0 Å². The first-order chi connectivity index (χ1) is 11.1. The molecule has 0 fully saturated rings. The maximum absolute atomic E-state index is 13.8. The van der Waals surface area contributed by atoms with Gasteiger partial charge in [0, 0.05) is 0 Å². The number of halogens is 1. The molecule has 116 valence electrons. The highest BCUT2D eigenvalue weighted by Gasteiger charge is 2.11. The van der Waals surface area contributed by atoms with E-state index in [9.17, 15) is 14.5 Å². The summed E-state index contributed by atoms with van der Waals surface area (Å²) in [5.74, 6) is -0.384. The number of thioether (sulfide) groups is 1. The summed E-state index contributed by atoms with van der Waals surface area (Å²) in [6.45, 7) is 0. The second-order valence-electron chi connectivity index (χ2n) is 4.29. The molecule has 0 aliphatic rings. The molecule has 3 rings (SSSR count). The molecule has 0 amide bonds. The predicted octanol–water partition coefficient (Wildman–Crippen LogP) is 3.67. The Morgan fingerprint density at radius 1 is 1.30 bits per heavy atom. The summed E-state index contributed by atoms with van der Waals surface area (Å²) in [4.78, 5) is 9.92. The van der Waals surface area contributed by atoms with Gasteiger partial charge in [-0.25, -0.2) is 4.39 Å². The van der Waals surface area contributed by atoms with Crippen LogP contribution in [0.15, 0.2) is 57.7 Å². The number of rotatable bonds is 5. The van der Waals surface area contributed by atoms with E-state index in [1.807, 2.05) is 0 Å². The Balaban J connectivity index is 1.77. The summed E-state index contributed by atoms with van der Waals surface area (Å²) in [7, 11) is 0. The average molecular weight is 332 g/mol. The van der Waals surface area contributed by atoms with Crippen LogP contribution >= 0.6 is 11.8 Å². The minimum absolute atomic E-state index is 0.329. The molecule has 2 aromatic heterocycles. The second kappa shape index (κ2) is 6.44. The number of furan rings is 1. The Bertz CT molecular complexity index is 874. The molecule has 3 aromatic rings. The molecule has 0 atom stereocenters. The second-order valence-corrected chi connectivity index (χ2v) is 5.16. The fraction of sp³-hybridized carbons (Fsp3) is 0. The van der Waals surface area contributed by atoms with E-state index < -0.39 is 4.92 Å². The average Bonchev–Trinajstić information content (AvgIpc) is 3.17. The first-order valence-corrected chi connectivity index (χ1v) is 7.25. The van der Waals surface area contributed by atoms with Crippen LogP contribution in [-0.4, -0.2) is 19.7 Å². The van der Waals surface area contributed by atoms with E-state index in [1.165, 1.54) is 40.9 Å². The Morgan fingerprint density at radius 2 is 2.13 bits per heavy atom. The first-order valence-electron chi connectivity index (χ1n) is 6.37. The molecule has 23 heavy (non-hydrogen) atoms. The minimum Gasteiger partial charge on any atom is -0.401 e. The SMILES string of the molecule is O=[N+]([O-])c1ccc(/C=C/Sc2nncn2-c2ccccc2F)o1. The Morgan fingerprint density at radius 3 is 2.87 bits per heavy atom. The van der Waals surface area contributed by atoms with E-state index in [-0.39, 0.29) is 11.7 Å². The van der Waals surface area contributed by atoms with E-state index in [4.69, 9.17) is 4.42 Å². The third-order valence-corrected chi connectivity index (χ3v) is 3.59. The molecule has 0 N–H and O–H groups in total. The number of nitrogens with zero attached hydrogens (tertiary/aromatic N) is 4. The third kappa shape index (κ3) is 3.29. The van der Waals surface area contributed by atoms with Crippen molar-refractivity contribution in [3.63, 3.8) is 0 Å². The zero-order chi connectivity index (χ0) is 16.2. The van der Waals surface area contributed by atoms with Gasteiger partial charge in [0.05, 0.1) is 11.8 Å². The van der Waals surface area contributed by atoms with Crippen molar-refractivity contribution in [2.75, 3.05) is 0 Å². The lowest BCUT2D eigenvalue weighted by molar-refractivity contribution is -0.402. The van der Waals surface area contributed by atoms with Crippen molar-refractivity contribution in [2.45, 2.75) is 5.16 Å². The predicted molar refractivity (Wildman–Crippen MR) is 81.6 cm³/mol. The van der Waals surface area contributed by atoms with Crippen LogP contribution in [0.3, 0.4) is 0 Å². The quantitative estimate of drug-likeness (QED) is 0.402. The topological polar surface area (TPSA) is 87.0 Å². The highest BCUT2D eigenvalue weighted by atomic mass is 32.2. The summed E-state index contributed by atoms with van der Waals surface area (Å²) in [6, 6.07) is 9.03. The molecule has 7 nitrogen and oxygen atoms in total. The molecule has 9 heteroatoms. The molecule has 0 saturated heterocycles. The number of para-hydroxylation sites is 1. The molecule has 2 heterocycles. The fourth-order valence-corrected chi connectivity index (χ4v) is 2.49. The van der Waals surface area contributed by atoms with Crippen LogP contribution in [0.2, 0.25) is 0 Å². The van der Waals surface area contributed by atoms with Crippen LogP contribution in [0.5, 0.6) is 0 Å². The van der Waals surface area contributed by atoms with Crippen LogP contribution < -0.4 is 0 Å². The van der Waals surface area contributed by atoms with E-state index >= 15 is 0 Å². The zero-order valence-corrected chi connectivity index (χ0v) is 12.3. The lowest BCUT2D eigenvalue weighted by atomic mass is 10.3. The van der Waals surface area contributed by atoms with Gasteiger partial charge in [-0.05, 0) is 29.7 Å². The highest BCUT2D eigenvalue weighted by Crippen LogP contribution is 2.24. The number of aromatic nitrogens is 3. The van der Waals surface area contributed by atoms with E-state index in [2.05, 4.69) is 10.2 Å². The van der Waals surface area contributed by atoms with Gasteiger partial charge in [-0.2, -0.15) is 0 Å². The summed E-state index contributed by atoms with van der Waals surface area (Å²) in [5, 5.41) is 20.3. The molecule has 0 unspecified atom stereocenters. The molecule has 0 saturated carbocycles. The van der Waals surface area contributed by atoms with Gasteiger partial charge >= 0.3 is 5.88 Å². The van der Waals surface area contributed by atoms with Crippen molar-refractivity contribution in [1.29, 1.82) is 0 Å². The van der Waals surface area contributed by atoms with Gasteiger partial charge in [-0.3, -0.25) is 14.7 Å². The van der Waals surface area contributed by atoms with Crippen molar-refractivity contribution < 1.29 is 13.7 Å². The number of benzene rings is 1. The van der Waals surface area contributed by atoms with Crippen molar-refractivity contribution in [2.24, 2.45) is 0 Å². The summed E-state index contributed by atoms with van der Waals surface area (Å²) < 4.78 is 20.3. The maximum Gasteiger partial charge on any atom is 0.433 e. The Kier molecular flexibility index (Phi) is 4.20. The number of hydrogen-bond donors (Lipinski definition) is 0. The first kappa shape index (κ1) is 15.0.